The monoisotopic (exact) mass is 477 g/mol. The zero-order chi connectivity index (χ0) is 24.6. The predicted molar refractivity (Wildman–Crippen MR) is 141 cm³/mol. The van der Waals surface area contributed by atoms with Gasteiger partial charge in [-0.2, -0.15) is 5.10 Å². The molecule has 0 atom stereocenters. The fraction of sp³-hybridized carbons (Fsp3) is 0.464. The number of phenolic OH excluding ortho intramolecular Hbond substituents is 1. The molecule has 0 spiro atoms. The van der Waals surface area contributed by atoms with E-state index in [1.54, 1.807) is 19.2 Å². The molecular formula is C28H39N5O2. The molecule has 4 rings (SSSR count). The average molecular weight is 478 g/mol. The molecule has 0 saturated carbocycles. The Kier molecular flexibility index (Phi) is 8.79. The number of hydrogen-bond donors (Lipinski definition) is 1. The van der Waals surface area contributed by atoms with Gasteiger partial charge in [-0.25, -0.2) is 4.68 Å². The molecular weight excluding hydrogens is 438 g/mol. The van der Waals surface area contributed by atoms with E-state index in [0.29, 0.717) is 12.4 Å². The van der Waals surface area contributed by atoms with Crippen LogP contribution in [0.4, 0.5) is 5.82 Å². The quantitative estimate of drug-likeness (QED) is 0.452. The van der Waals surface area contributed by atoms with Gasteiger partial charge >= 0.3 is 0 Å². The van der Waals surface area contributed by atoms with Crippen molar-refractivity contribution in [2.45, 2.75) is 33.4 Å². The minimum Gasteiger partial charge on any atom is -0.508 e. The fourth-order valence-electron chi connectivity index (χ4n) is 4.80. The average Bonchev–Trinajstić information content (AvgIpc) is 3.27. The second-order valence-electron chi connectivity index (χ2n) is 9.14. The first-order chi connectivity index (χ1) is 17.1. The van der Waals surface area contributed by atoms with Gasteiger partial charge < -0.3 is 19.6 Å². The van der Waals surface area contributed by atoms with Gasteiger partial charge in [0.05, 0.1) is 18.0 Å². The van der Waals surface area contributed by atoms with E-state index >= 15 is 0 Å². The zero-order valence-corrected chi connectivity index (χ0v) is 21.4. The van der Waals surface area contributed by atoms with Crippen LogP contribution in [0.25, 0.3) is 5.69 Å². The van der Waals surface area contributed by atoms with Crippen molar-refractivity contribution in [3.05, 3.63) is 71.4 Å². The van der Waals surface area contributed by atoms with Crippen molar-refractivity contribution < 1.29 is 9.84 Å². The molecule has 0 bridgehead atoms. The van der Waals surface area contributed by atoms with Crippen LogP contribution in [-0.2, 0) is 24.2 Å². The lowest BCUT2D eigenvalue weighted by atomic mass is 10.1. The number of aromatic nitrogens is 2. The van der Waals surface area contributed by atoms with Gasteiger partial charge in [0.25, 0.3) is 0 Å². The predicted octanol–water partition coefficient (Wildman–Crippen LogP) is 3.93. The van der Waals surface area contributed by atoms with Gasteiger partial charge in [-0.15, -0.1) is 0 Å². The van der Waals surface area contributed by atoms with Crippen molar-refractivity contribution in [3.63, 3.8) is 0 Å². The van der Waals surface area contributed by atoms with Crippen LogP contribution in [0.1, 0.15) is 30.7 Å². The topological polar surface area (TPSA) is 57.0 Å². The number of piperazine rings is 1. The zero-order valence-electron chi connectivity index (χ0n) is 21.4. The number of para-hydroxylation sites is 1. The van der Waals surface area contributed by atoms with E-state index in [-0.39, 0.29) is 0 Å². The molecule has 1 fully saturated rings. The van der Waals surface area contributed by atoms with Crippen molar-refractivity contribution >= 4 is 5.82 Å². The molecule has 3 aromatic rings. The van der Waals surface area contributed by atoms with E-state index in [1.165, 1.54) is 16.9 Å². The third-order valence-corrected chi connectivity index (χ3v) is 6.83. The van der Waals surface area contributed by atoms with E-state index in [4.69, 9.17) is 9.84 Å². The largest absolute Gasteiger partial charge is 0.508 e. The summed E-state index contributed by atoms with van der Waals surface area (Å²) in [7, 11) is 1.75. The van der Waals surface area contributed by atoms with Gasteiger partial charge in [-0.1, -0.05) is 44.2 Å². The first-order valence-electron chi connectivity index (χ1n) is 12.8. The van der Waals surface area contributed by atoms with Crippen LogP contribution in [0.15, 0.2) is 54.6 Å². The molecule has 0 unspecified atom stereocenters. The second-order valence-corrected chi connectivity index (χ2v) is 9.14. The minimum absolute atomic E-state index is 0.295. The van der Waals surface area contributed by atoms with Crippen molar-refractivity contribution in [1.82, 2.24) is 19.6 Å². The van der Waals surface area contributed by atoms with E-state index < -0.39 is 0 Å². The summed E-state index contributed by atoms with van der Waals surface area (Å²) in [5, 5.41) is 14.8. The summed E-state index contributed by atoms with van der Waals surface area (Å²) in [6.07, 6.45) is 0.883. The highest BCUT2D eigenvalue weighted by Crippen LogP contribution is 2.31. The number of rotatable bonds is 11. The van der Waals surface area contributed by atoms with Crippen LogP contribution >= 0.6 is 0 Å². The van der Waals surface area contributed by atoms with Crippen molar-refractivity contribution in [3.8, 4) is 11.4 Å². The maximum Gasteiger partial charge on any atom is 0.137 e. The normalized spacial score (nSPS) is 14.7. The van der Waals surface area contributed by atoms with Gasteiger partial charge in [0.15, 0.2) is 0 Å². The number of likely N-dealkylation sites (N-methyl/N-ethyl adjacent to an activating group) is 1. The summed E-state index contributed by atoms with van der Waals surface area (Å²) in [5.74, 6) is 1.51. The maximum atomic E-state index is 9.71. The van der Waals surface area contributed by atoms with Gasteiger partial charge in [-0.3, -0.25) is 4.90 Å². The number of methoxy groups -OCH3 is 1. The van der Waals surface area contributed by atoms with E-state index in [0.717, 1.165) is 70.2 Å². The molecule has 1 aliphatic rings. The van der Waals surface area contributed by atoms with Crippen molar-refractivity contribution in [2.75, 3.05) is 57.9 Å². The fourth-order valence-corrected chi connectivity index (χ4v) is 4.80. The Morgan fingerprint density at radius 3 is 2.29 bits per heavy atom. The second kappa shape index (κ2) is 12.2. The number of aryl methyl sites for hydroxylation is 1. The summed E-state index contributed by atoms with van der Waals surface area (Å²) in [4.78, 5) is 7.46. The number of ether oxygens (including phenoxy) is 1. The highest BCUT2D eigenvalue weighted by molar-refractivity contribution is 5.56. The number of hydrogen-bond acceptors (Lipinski definition) is 6. The Bertz CT molecular complexity index is 1040. The standard InChI is InChI=1S/C28H39N5O2/c1-4-27-26(22-31(19-20-35-3)21-23-11-13-25(34)14-12-23)28(32-17-15-30(5-2)16-18-32)33(29-27)24-9-7-6-8-10-24/h6-14,34H,4-5,15-22H2,1-3H3. The van der Waals surface area contributed by atoms with Gasteiger partial charge in [-0.05, 0) is 42.8 Å². The Hall–Kier alpha value is -2.87. The Morgan fingerprint density at radius 1 is 0.943 bits per heavy atom. The van der Waals surface area contributed by atoms with Crippen LogP contribution in [0.3, 0.4) is 0 Å². The Labute approximate surface area is 209 Å². The summed E-state index contributed by atoms with van der Waals surface area (Å²) >= 11 is 0. The van der Waals surface area contributed by atoms with E-state index in [9.17, 15) is 5.11 Å². The van der Waals surface area contributed by atoms with Crippen LogP contribution in [0.5, 0.6) is 5.75 Å². The molecule has 35 heavy (non-hydrogen) atoms. The summed E-state index contributed by atoms with van der Waals surface area (Å²) in [6, 6.07) is 18.0. The molecule has 1 aromatic heterocycles. The Morgan fingerprint density at radius 2 is 1.66 bits per heavy atom. The first kappa shape index (κ1) is 25.2. The molecule has 1 N–H and O–H groups in total. The van der Waals surface area contributed by atoms with Crippen molar-refractivity contribution in [1.29, 1.82) is 0 Å². The van der Waals surface area contributed by atoms with Crippen LogP contribution < -0.4 is 4.90 Å². The maximum absolute atomic E-state index is 9.71. The molecule has 0 radical (unpaired) electrons. The third-order valence-electron chi connectivity index (χ3n) is 6.83. The molecule has 188 valence electrons. The van der Waals surface area contributed by atoms with Crippen LogP contribution in [0.2, 0.25) is 0 Å². The molecule has 7 nitrogen and oxygen atoms in total. The highest BCUT2D eigenvalue weighted by Gasteiger charge is 2.27. The Balaban J connectivity index is 1.70. The molecule has 0 aliphatic carbocycles. The van der Waals surface area contributed by atoms with Gasteiger partial charge in [0.2, 0.25) is 0 Å². The lowest BCUT2D eigenvalue weighted by molar-refractivity contribution is 0.140. The number of phenols is 1. The number of nitrogens with zero attached hydrogens (tertiary/aromatic N) is 5. The smallest absolute Gasteiger partial charge is 0.137 e. The van der Waals surface area contributed by atoms with E-state index in [2.05, 4.69) is 63.6 Å². The molecule has 2 heterocycles. The van der Waals surface area contributed by atoms with E-state index in [1.807, 2.05) is 12.1 Å². The third kappa shape index (κ3) is 6.23. The minimum atomic E-state index is 0.295. The summed E-state index contributed by atoms with van der Waals surface area (Å²) in [5.41, 5.74) is 4.72. The van der Waals surface area contributed by atoms with Crippen LogP contribution in [0, 0.1) is 0 Å². The summed E-state index contributed by atoms with van der Waals surface area (Å²) in [6.45, 7) is 12.7. The molecule has 7 heteroatoms. The van der Waals surface area contributed by atoms with Gasteiger partial charge in [0, 0.05) is 58.5 Å². The summed E-state index contributed by atoms with van der Waals surface area (Å²) < 4.78 is 7.61. The number of benzene rings is 2. The molecule has 1 aliphatic heterocycles. The van der Waals surface area contributed by atoms with Crippen molar-refractivity contribution in [2.24, 2.45) is 0 Å². The molecule has 1 saturated heterocycles. The van der Waals surface area contributed by atoms with Crippen LogP contribution in [-0.4, -0.2) is 77.7 Å². The highest BCUT2D eigenvalue weighted by atomic mass is 16.5. The SMILES string of the molecule is CCc1nn(-c2ccccc2)c(N2CCN(CC)CC2)c1CN(CCOC)Cc1ccc(O)cc1. The lowest BCUT2D eigenvalue weighted by Gasteiger charge is -2.36. The number of anilines is 1. The van der Waals surface area contributed by atoms with Gasteiger partial charge in [0.1, 0.15) is 11.6 Å². The lowest BCUT2D eigenvalue weighted by Crippen LogP contribution is -2.47. The molecule has 0 amide bonds. The molecule has 2 aromatic carbocycles. The first-order valence-corrected chi connectivity index (χ1v) is 12.8. The number of aromatic hydroxyl groups is 1.